The molecule has 6 nitrogen and oxygen atoms in total. The average molecular weight is 284 g/mol. The first kappa shape index (κ1) is 14.4. The van der Waals surface area contributed by atoms with E-state index in [1.807, 2.05) is 0 Å². The summed E-state index contributed by atoms with van der Waals surface area (Å²) in [6, 6.07) is 1.16. The van der Waals surface area contributed by atoms with Gasteiger partial charge in [-0.25, -0.2) is 13.1 Å². The van der Waals surface area contributed by atoms with E-state index in [9.17, 15) is 31.7 Å². The summed E-state index contributed by atoms with van der Waals surface area (Å²) < 4.78 is 61.9. The standard InChI is InChI=1S/C8H7F3N2O4S/c1-12-18(16,17)7-3-5(8(9,10)11)2-6(4-7)13(14)15/h2-4,12H,1H3. The zero-order valence-electron chi connectivity index (χ0n) is 8.85. The predicted molar refractivity (Wildman–Crippen MR) is 54.3 cm³/mol. The van der Waals surface area contributed by atoms with Crippen LogP contribution >= 0.6 is 0 Å². The molecule has 0 bridgehead atoms. The maximum Gasteiger partial charge on any atom is 0.416 e. The molecule has 0 saturated heterocycles. The molecule has 1 N–H and O–H groups in total. The van der Waals surface area contributed by atoms with Gasteiger partial charge in [-0.05, 0) is 13.1 Å². The fourth-order valence-electron chi connectivity index (χ4n) is 1.13. The van der Waals surface area contributed by atoms with Gasteiger partial charge in [0.1, 0.15) is 0 Å². The molecule has 0 aliphatic carbocycles. The number of non-ortho nitro benzene ring substituents is 1. The van der Waals surface area contributed by atoms with E-state index < -0.39 is 37.3 Å². The maximum atomic E-state index is 12.5. The van der Waals surface area contributed by atoms with Crippen LogP contribution in [0, 0.1) is 10.1 Å². The smallest absolute Gasteiger partial charge is 0.258 e. The van der Waals surface area contributed by atoms with Gasteiger partial charge in [-0.15, -0.1) is 0 Å². The zero-order chi connectivity index (χ0) is 14.1. The minimum absolute atomic E-state index is 0.272. The summed E-state index contributed by atoms with van der Waals surface area (Å²) in [7, 11) is -3.20. The molecular weight excluding hydrogens is 277 g/mol. The Morgan fingerprint density at radius 1 is 1.28 bits per heavy atom. The Morgan fingerprint density at radius 2 is 1.83 bits per heavy atom. The summed E-state index contributed by atoms with van der Waals surface area (Å²) in [6.45, 7) is 0. The number of hydrogen-bond acceptors (Lipinski definition) is 4. The molecule has 0 atom stereocenters. The first-order valence-corrected chi connectivity index (χ1v) is 5.86. The Kier molecular flexibility index (Phi) is 3.62. The van der Waals surface area contributed by atoms with Gasteiger partial charge >= 0.3 is 6.18 Å². The number of sulfonamides is 1. The molecule has 18 heavy (non-hydrogen) atoms. The van der Waals surface area contributed by atoms with Gasteiger partial charge < -0.3 is 0 Å². The van der Waals surface area contributed by atoms with Crippen LogP contribution in [0.3, 0.4) is 0 Å². The van der Waals surface area contributed by atoms with Gasteiger partial charge in [-0.1, -0.05) is 0 Å². The van der Waals surface area contributed by atoms with Crippen molar-refractivity contribution in [1.82, 2.24) is 4.72 Å². The molecule has 1 aromatic carbocycles. The van der Waals surface area contributed by atoms with Crippen molar-refractivity contribution in [2.24, 2.45) is 0 Å². The largest absolute Gasteiger partial charge is 0.416 e. The number of hydrogen-bond donors (Lipinski definition) is 1. The highest BCUT2D eigenvalue weighted by atomic mass is 32.2. The van der Waals surface area contributed by atoms with Crippen molar-refractivity contribution in [2.45, 2.75) is 11.1 Å². The summed E-state index contributed by atoms with van der Waals surface area (Å²) >= 11 is 0. The molecule has 0 aliphatic heterocycles. The molecule has 1 aromatic rings. The minimum atomic E-state index is -4.87. The molecule has 0 unspecified atom stereocenters. The fourth-order valence-corrected chi connectivity index (χ4v) is 1.92. The molecule has 0 fully saturated rings. The highest BCUT2D eigenvalue weighted by Gasteiger charge is 2.34. The van der Waals surface area contributed by atoms with Gasteiger partial charge in [-0.2, -0.15) is 13.2 Å². The summed E-state index contributed by atoms with van der Waals surface area (Å²) in [5.41, 5.74) is -2.34. The lowest BCUT2D eigenvalue weighted by Crippen LogP contribution is -2.19. The number of nitrogens with one attached hydrogen (secondary N) is 1. The molecule has 100 valence electrons. The fraction of sp³-hybridized carbons (Fsp3) is 0.250. The van der Waals surface area contributed by atoms with E-state index in [-0.39, 0.29) is 6.07 Å². The quantitative estimate of drug-likeness (QED) is 0.673. The normalized spacial score (nSPS) is 12.4. The molecule has 1 rings (SSSR count). The van der Waals surface area contributed by atoms with Crippen molar-refractivity contribution >= 4 is 15.7 Å². The molecular formula is C8H7F3N2O4S. The van der Waals surface area contributed by atoms with E-state index in [0.717, 1.165) is 7.05 Å². The Morgan fingerprint density at radius 3 is 2.22 bits per heavy atom. The van der Waals surface area contributed by atoms with E-state index in [2.05, 4.69) is 0 Å². The van der Waals surface area contributed by atoms with Gasteiger partial charge in [0.2, 0.25) is 10.0 Å². The average Bonchev–Trinajstić information content (AvgIpc) is 2.27. The van der Waals surface area contributed by atoms with Gasteiger partial charge in [0, 0.05) is 12.1 Å². The number of nitrogens with zero attached hydrogens (tertiary/aromatic N) is 1. The topological polar surface area (TPSA) is 89.3 Å². The Labute approximate surface area is 99.6 Å². The third-order valence-electron chi connectivity index (χ3n) is 2.01. The third-order valence-corrected chi connectivity index (χ3v) is 3.40. The zero-order valence-corrected chi connectivity index (χ0v) is 9.67. The molecule has 0 amide bonds. The summed E-state index contributed by atoms with van der Waals surface area (Å²) in [5, 5.41) is 10.5. The summed E-state index contributed by atoms with van der Waals surface area (Å²) in [4.78, 5) is 8.56. The lowest BCUT2D eigenvalue weighted by atomic mass is 10.2. The van der Waals surface area contributed by atoms with Crippen LogP contribution in [-0.4, -0.2) is 20.4 Å². The molecule has 0 heterocycles. The van der Waals surface area contributed by atoms with Crippen LogP contribution in [0.2, 0.25) is 0 Å². The number of benzene rings is 1. The number of alkyl halides is 3. The van der Waals surface area contributed by atoms with Crippen LogP contribution in [0.1, 0.15) is 5.56 Å². The molecule has 10 heteroatoms. The van der Waals surface area contributed by atoms with E-state index in [1.54, 1.807) is 4.72 Å². The lowest BCUT2D eigenvalue weighted by Gasteiger charge is -2.09. The Hall–Kier alpha value is -1.68. The minimum Gasteiger partial charge on any atom is -0.258 e. The number of halogens is 3. The summed E-state index contributed by atoms with van der Waals surface area (Å²) in [6.07, 6.45) is -4.87. The van der Waals surface area contributed by atoms with Gasteiger partial charge in [-0.3, -0.25) is 10.1 Å². The number of rotatable bonds is 3. The van der Waals surface area contributed by atoms with Crippen molar-refractivity contribution in [3.05, 3.63) is 33.9 Å². The second-order valence-corrected chi connectivity index (χ2v) is 5.06. The van der Waals surface area contributed by atoms with Crippen LogP contribution in [-0.2, 0) is 16.2 Å². The van der Waals surface area contributed by atoms with Crippen molar-refractivity contribution in [3.63, 3.8) is 0 Å². The maximum absolute atomic E-state index is 12.5. The van der Waals surface area contributed by atoms with Crippen LogP contribution < -0.4 is 4.72 Å². The SMILES string of the molecule is CNS(=O)(=O)c1cc([N+](=O)[O-])cc(C(F)(F)F)c1. The molecule has 0 saturated carbocycles. The van der Waals surface area contributed by atoms with Crippen molar-refractivity contribution in [1.29, 1.82) is 0 Å². The van der Waals surface area contributed by atoms with E-state index in [0.29, 0.717) is 12.1 Å². The molecule has 0 aromatic heterocycles. The molecule has 0 aliphatic rings. The number of nitro benzene ring substituents is 1. The van der Waals surface area contributed by atoms with Gasteiger partial charge in [0.05, 0.1) is 15.4 Å². The van der Waals surface area contributed by atoms with E-state index >= 15 is 0 Å². The van der Waals surface area contributed by atoms with Gasteiger partial charge in [0.25, 0.3) is 5.69 Å². The predicted octanol–water partition coefficient (Wildman–Crippen LogP) is 1.52. The van der Waals surface area contributed by atoms with Crippen LogP contribution in [0.25, 0.3) is 0 Å². The molecule has 0 radical (unpaired) electrons. The Balaban J connectivity index is 3.56. The first-order valence-electron chi connectivity index (χ1n) is 4.38. The van der Waals surface area contributed by atoms with E-state index in [1.165, 1.54) is 0 Å². The second kappa shape index (κ2) is 4.53. The molecule has 0 spiro atoms. The van der Waals surface area contributed by atoms with Crippen LogP contribution in [0.4, 0.5) is 18.9 Å². The highest BCUT2D eigenvalue weighted by molar-refractivity contribution is 7.89. The third kappa shape index (κ3) is 2.96. The van der Waals surface area contributed by atoms with E-state index in [4.69, 9.17) is 0 Å². The summed E-state index contributed by atoms with van der Waals surface area (Å²) in [5.74, 6) is 0. The Bertz CT molecular complexity index is 582. The van der Waals surface area contributed by atoms with Crippen molar-refractivity contribution < 1.29 is 26.5 Å². The van der Waals surface area contributed by atoms with Crippen LogP contribution in [0.5, 0.6) is 0 Å². The monoisotopic (exact) mass is 284 g/mol. The second-order valence-electron chi connectivity index (χ2n) is 3.18. The first-order chi connectivity index (χ1) is 8.08. The lowest BCUT2D eigenvalue weighted by molar-refractivity contribution is -0.385. The van der Waals surface area contributed by atoms with Gasteiger partial charge in [0.15, 0.2) is 0 Å². The number of nitro groups is 1. The van der Waals surface area contributed by atoms with Crippen molar-refractivity contribution in [3.8, 4) is 0 Å². The van der Waals surface area contributed by atoms with Crippen molar-refractivity contribution in [2.75, 3.05) is 7.05 Å². The van der Waals surface area contributed by atoms with Crippen LogP contribution in [0.15, 0.2) is 23.1 Å². The highest BCUT2D eigenvalue weighted by Crippen LogP contribution is 2.33.